The molecule has 0 amide bonds. The highest BCUT2D eigenvalue weighted by Gasteiger charge is 2.23. The van der Waals surface area contributed by atoms with Crippen LogP contribution in [0.15, 0.2) is 30.3 Å². The topological polar surface area (TPSA) is 112 Å². The van der Waals surface area contributed by atoms with Crippen LogP contribution in [-0.2, 0) is 0 Å². The van der Waals surface area contributed by atoms with Crippen molar-refractivity contribution in [3.63, 3.8) is 0 Å². The van der Waals surface area contributed by atoms with Crippen molar-refractivity contribution in [1.29, 1.82) is 0 Å². The van der Waals surface area contributed by atoms with Crippen LogP contribution in [0, 0.1) is 0 Å². The van der Waals surface area contributed by atoms with Gasteiger partial charge in [-0.05, 0) is 36.8 Å². The average Bonchev–Trinajstić information content (AvgIpc) is 3.12. The number of methoxy groups -OCH3 is 2. The van der Waals surface area contributed by atoms with E-state index in [0.29, 0.717) is 22.5 Å². The van der Waals surface area contributed by atoms with E-state index in [9.17, 15) is 0 Å². The normalized spacial score (nSPS) is 16.7. The van der Waals surface area contributed by atoms with Gasteiger partial charge in [-0.1, -0.05) is 0 Å². The second-order valence-corrected chi connectivity index (χ2v) is 6.53. The van der Waals surface area contributed by atoms with Gasteiger partial charge in [-0.3, -0.25) is 0 Å². The van der Waals surface area contributed by atoms with Crippen LogP contribution >= 0.6 is 0 Å². The summed E-state index contributed by atoms with van der Waals surface area (Å²) in [7, 11) is 3.22. The van der Waals surface area contributed by atoms with E-state index in [2.05, 4.69) is 14.9 Å². The number of hydrogen-bond acceptors (Lipinski definition) is 8. The third-order valence-corrected chi connectivity index (χ3v) is 4.74. The molecular formula is C19H22N6O2. The Bertz CT molecular complexity index is 993. The molecule has 1 aliphatic rings. The standard InChI is InChI=1S/C19H22N6O2/c1-26-15-6-3-11(9-16(15)27-2)13-4-5-14-17(22-13)18(24-19(21)23-14)25-8-7-12(20)10-25/h3-6,9,12H,7-8,10,20H2,1-2H3,(H2,21,23,24)/t12-/m1/s1. The van der Waals surface area contributed by atoms with Crippen molar-refractivity contribution in [1.82, 2.24) is 15.0 Å². The Hall–Kier alpha value is -3.13. The maximum Gasteiger partial charge on any atom is 0.222 e. The number of anilines is 2. The molecule has 140 valence electrons. The van der Waals surface area contributed by atoms with Gasteiger partial charge in [0.05, 0.1) is 25.4 Å². The lowest BCUT2D eigenvalue weighted by Gasteiger charge is -2.19. The number of benzene rings is 1. The van der Waals surface area contributed by atoms with Gasteiger partial charge in [-0.15, -0.1) is 0 Å². The van der Waals surface area contributed by atoms with Crippen LogP contribution in [0.2, 0.25) is 0 Å². The molecule has 1 fully saturated rings. The minimum absolute atomic E-state index is 0.130. The minimum Gasteiger partial charge on any atom is -0.493 e. The minimum atomic E-state index is 0.130. The van der Waals surface area contributed by atoms with Crippen molar-refractivity contribution in [2.45, 2.75) is 12.5 Å². The van der Waals surface area contributed by atoms with Crippen LogP contribution in [0.25, 0.3) is 22.3 Å². The summed E-state index contributed by atoms with van der Waals surface area (Å²) in [5.41, 5.74) is 15.1. The number of ether oxygens (including phenoxy) is 2. The molecule has 4 N–H and O–H groups in total. The Labute approximate surface area is 157 Å². The first-order chi connectivity index (χ1) is 13.1. The molecule has 1 aromatic carbocycles. The van der Waals surface area contributed by atoms with Gasteiger partial charge in [0.15, 0.2) is 17.3 Å². The Morgan fingerprint density at radius 1 is 1.04 bits per heavy atom. The largest absolute Gasteiger partial charge is 0.493 e. The number of nitrogens with zero attached hydrogens (tertiary/aromatic N) is 4. The zero-order chi connectivity index (χ0) is 19.0. The predicted octanol–water partition coefficient (Wildman–Crippen LogP) is 1.83. The van der Waals surface area contributed by atoms with Gasteiger partial charge in [0.25, 0.3) is 0 Å². The first kappa shape index (κ1) is 17.3. The fourth-order valence-corrected chi connectivity index (χ4v) is 3.37. The van der Waals surface area contributed by atoms with Gasteiger partial charge in [0, 0.05) is 24.7 Å². The van der Waals surface area contributed by atoms with E-state index < -0.39 is 0 Å². The smallest absolute Gasteiger partial charge is 0.222 e. The van der Waals surface area contributed by atoms with E-state index in [0.717, 1.165) is 36.6 Å². The predicted molar refractivity (Wildman–Crippen MR) is 105 cm³/mol. The number of nitrogens with two attached hydrogens (primary N) is 2. The second kappa shape index (κ2) is 6.88. The molecule has 0 saturated carbocycles. The fraction of sp³-hybridized carbons (Fsp3) is 0.316. The molecule has 1 saturated heterocycles. The van der Waals surface area contributed by atoms with E-state index in [1.807, 2.05) is 30.3 Å². The highest BCUT2D eigenvalue weighted by molar-refractivity contribution is 5.89. The molecule has 3 heterocycles. The molecule has 8 heteroatoms. The van der Waals surface area contributed by atoms with Gasteiger partial charge in [0.1, 0.15) is 5.52 Å². The summed E-state index contributed by atoms with van der Waals surface area (Å²) in [5.74, 6) is 2.28. The van der Waals surface area contributed by atoms with Crippen LogP contribution in [0.4, 0.5) is 11.8 Å². The molecule has 1 aliphatic heterocycles. The zero-order valence-electron chi connectivity index (χ0n) is 15.3. The van der Waals surface area contributed by atoms with Crippen LogP contribution in [0.3, 0.4) is 0 Å². The first-order valence-electron chi connectivity index (χ1n) is 8.76. The van der Waals surface area contributed by atoms with Gasteiger partial charge < -0.3 is 25.8 Å². The molecule has 27 heavy (non-hydrogen) atoms. The van der Waals surface area contributed by atoms with Crippen molar-refractivity contribution in [2.24, 2.45) is 5.73 Å². The van der Waals surface area contributed by atoms with Gasteiger partial charge in [0.2, 0.25) is 5.95 Å². The number of nitrogen functional groups attached to an aromatic ring is 1. The summed E-state index contributed by atoms with van der Waals surface area (Å²) >= 11 is 0. The fourth-order valence-electron chi connectivity index (χ4n) is 3.37. The summed E-state index contributed by atoms with van der Waals surface area (Å²) in [5, 5.41) is 0. The van der Waals surface area contributed by atoms with Crippen LogP contribution < -0.4 is 25.8 Å². The highest BCUT2D eigenvalue weighted by atomic mass is 16.5. The van der Waals surface area contributed by atoms with Crippen LogP contribution in [0.5, 0.6) is 11.5 Å². The number of rotatable bonds is 4. The third kappa shape index (κ3) is 3.19. The Morgan fingerprint density at radius 3 is 2.56 bits per heavy atom. The van der Waals surface area contributed by atoms with Gasteiger partial charge in [-0.2, -0.15) is 4.98 Å². The zero-order valence-corrected chi connectivity index (χ0v) is 15.3. The lowest BCUT2D eigenvalue weighted by molar-refractivity contribution is 0.355. The lowest BCUT2D eigenvalue weighted by Crippen LogP contribution is -2.27. The van der Waals surface area contributed by atoms with Crippen molar-refractivity contribution < 1.29 is 9.47 Å². The molecular weight excluding hydrogens is 344 g/mol. The summed E-state index contributed by atoms with van der Waals surface area (Å²) in [6.45, 7) is 1.56. The number of fused-ring (bicyclic) bond motifs is 1. The van der Waals surface area contributed by atoms with Gasteiger partial charge >= 0.3 is 0 Å². The summed E-state index contributed by atoms with van der Waals surface area (Å²) < 4.78 is 10.7. The van der Waals surface area contributed by atoms with Gasteiger partial charge in [-0.25, -0.2) is 9.97 Å². The summed E-state index contributed by atoms with van der Waals surface area (Å²) in [4.78, 5) is 15.7. The van der Waals surface area contributed by atoms with E-state index >= 15 is 0 Å². The van der Waals surface area contributed by atoms with Crippen molar-refractivity contribution in [3.8, 4) is 22.8 Å². The molecule has 4 rings (SSSR count). The van der Waals surface area contributed by atoms with E-state index in [-0.39, 0.29) is 12.0 Å². The maximum atomic E-state index is 6.06. The van der Waals surface area contributed by atoms with Crippen molar-refractivity contribution >= 4 is 22.8 Å². The molecule has 1 atom stereocenters. The first-order valence-corrected chi connectivity index (χ1v) is 8.76. The average molecular weight is 366 g/mol. The SMILES string of the molecule is COc1ccc(-c2ccc3nc(N)nc(N4CC[C@@H](N)C4)c3n2)cc1OC. The van der Waals surface area contributed by atoms with E-state index in [1.54, 1.807) is 14.2 Å². The molecule has 0 bridgehead atoms. The summed E-state index contributed by atoms with van der Waals surface area (Å²) in [6.07, 6.45) is 0.917. The molecule has 8 nitrogen and oxygen atoms in total. The quantitative estimate of drug-likeness (QED) is 0.719. The molecule has 0 spiro atoms. The highest BCUT2D eigenvalue weighted by Crippen LogP contribution is 2.33. The number of pyridine rings is 1. The lowest BCUT2D eigenvalue weighted by atomic mass is 10.1. The van der Waals surface area contributed by atoms with Crippen LogP contribution in [0.1, 0.15) is 6.42 Å². The molecule has 0 radical (unpaired) electrons. The maximum absolute atomic E-state index is 6.06. The Morgan fingerprint density at radius 2 is 1.85 bits per heavy atom. The second-order valence-electron chi connectivity index (χ2n) is 6.53. The van der Waals surface area contributed by atoms with Crippen molar-refractivity contribution in [2.75, 3.05) is 37.9 Å². The molecule has 2 aromatic heterocycles. The van der Waals surface area contributed by atoms with Crippen LogP contribution in [-0.4, -0.2) is 48.3 Å². The summed E-state index contributed by atoms with van der Waals surface area (Å²) in [6, 6.07) is 9.65. The number of aromatic nitrogens is 3. The van der Waals surface area contributed by atoms with E-state index in [4.69, 9.17) is 25.9 Å². The third-order valence-electron chi connectivity index (χ3n) is 4.74. The van der Waals surface area contributed by atoms with Crippen molar-refractivity contribution in [3.05, 3.63) is 30.3 Å². The Balaban J connectivity index is 1.83. The molecule has 3 aromatic rings. The molecule has 0 aliphatic carbocycles. The monoisotopic (exact) mass is 366 g/mol. The van der Waals surface area contributed by atoms with E-state index in [1.165, 1.54) is 0 Å². The number of hydrogen-bond donors (Lipinski definition) is 2. The molecule has 0 unspecified atom stereocenters. The Kier molecular flexibility index (Phi) is 4.41.